The number of nitrogens with zero attached hydrogens (tertiary/aromatic N) is 2. The molecular weight excluding hydrogens is 264 g/mol. The number of nitrogens with two attached hydrogens (primary N) is 1. The van der Waals surface area contributed by atoms with E-state index in [2.05, 4.69) is 36.0 Å². The maximum absolute atomic E-state index is 11.5. The van der Waals surface area contributed by atoms with Crippen LogP contribution in [0.15, 0.2) is 0 Å². The van der Waals surface area contributed by atoms with E-state index in [9.17, 15) is 4.79 Å². The topological polar surface area (TPSA) is 61.6 Å². The number of piperazine rings is 1. The summed E-state index contributed by atoms with van der Waals surface area (Å²) in [5.74, 6) is 0.469. The summed E-state index contributed by atoms with van der Waals surface area (Å²) in [4.78, 5) is 16.4. The van der Waals surface area contributed by atoms with Crippen molar-refractivity contribution in [3.8, 4) is 0 Å². The van der Waals surface area contributed by atoms with Gasteiger partial charge >= 0.3 is 0 Å². The Morgan fingerprint density at radius 1 is 1.21 bits per heavy atom. The van der Waals surface area contributed by atoms with Gasteiger partial charge in [-0.15, -0.1) is 12.4 Å². The van der Waals surface area contributed by atoms with E-state index in [1.165, 1.54) is 0 Å². The van der Waals surface area contributed by atoms with E-state index >= 15 is 0 Å². The lowest BCUT2D eigenvalue weighted by molar-refractivity contribution is -0.122. The van der Waals surface area contributed by atoms with Crippen LogP contribution in [0.5, 0.6) is 0 Å². The van der Waals surface area contributed by atoms with Crippen LogP contribution in [0, 0.1) is 5.92 Å². The fourth-order valence-electron chi connectivity index (χ4n) is 2.31. The van der Waals surface area contributed by atoms with E-state index in [4.69, 9.17) is 5.73 Å². The molecule has 1 heterocycles. The first-order valence-corrected chi connectivity index (χ1v) is 6.87. The highest BCUT2D eigenvalue weighted by atomic mass is 35.5. The summed E-state index contributed by atoms with van der Waals surface area (Å²) in [6.45, 7) is 11.2. The number of carbonyl (C=O) groups excluding carboxylic acids is 1. The molecule has 1 aliphatic heterocycles. The van der Waals surface area contributed by atoms with E-state index in [0.717, 1.165) is 26.2 Å². The summed E-state index contributed by atoms with van der Waals surface area (Å²) in [5, 5.41) is 2.95. The van der Waals surface area contributed by atoms with Crippen LogP contribution in [0.2, 0.25) is 0 Å². The van der Waals surface area contributed by atoms with Gasteiger partial charge in [0.2, 0.25) is 5.91 Å². The average Bonchev–Trinajstić information content (AvgIpc) is 2.30. The molecule has 2 atom stereocenters. The largest absolute Gasteiger partial charge is 0.353 e. The normalized spacial score (nSPS) is 20.7. The lowest BCUT2D eigenvalue weighted by Gasteiger charge is -2.40. The first-order valence-electron chi connectivity index (χ1n) is 6.87. The van der Waals surface area contributed by atoms with Crippen molar-refractivity contribution in [2.24, 2.45) is 11.7 Å². The Morgan fingerprint density at radius 3 is 2.16 bits per heavy atom. The van der Waals surface area contributed by atoms with Gasteiger partial charge in [-0.3, -0.25) is 9.69 Å². The Bertz CT molecular complexity index is 265. The van der Waals surface area contributed by atoms with Gasteiger partial charge in [-0.05, 0) is 19.9 Å². The Morgan fingerprint density at radius 2 is 1.74 bits per heavy atom. The van der Waals surface area contributed by atoms with Crippen molar-refractivity contribution in [2.75, 3.05) is 39.8 Å². The summed E-state index contributed by atoms with van der Waals surface area (Å²) in [6, 6.07) is -0.0216. The lowest BCUT2D eigenvalue weighted by atomic mass is 10.0. The number of carbonyl (C=O) groups is 1. The van der Waals surface area contributed by atoms with Crippen molar-refractivity contribution in [3.05, 3.63) is 0 Å². The minimum absolute atomic E-state index is 0. The average molecular weight is 293 g/mol. The van der Waals surface area contributed by atoms with Crippen LogP contribution in [0.1, 0.15) is 20.8 Å². The zero-order chi connectivity index (χ0) is 13.7. The number of likely N-dealkylation sites (N-methyl/N-ethyl adjacent to an activating group) is 1. The second-order valence-corrected chi connectivity index (χ2v) is 5.68. The maximum Gasteiger partial charge on any atom is 0.236 e. The molecule has 0 aromatic carbocycles. The molecule has 1 saturated heterocycles. The third-order valence-corrected chi connectivity index (χ3v) is 3.68. The number of nitrogens with one attached hydrogen (secondary N) is 1. The predicted octanol–water partition coefficient (Wildman–Crippen LogP) is 0.144. The molecule has 6 heteroatoms. The molecule has 5 nitrogen and oxygen atoms in total. The summed E-state index contributed by atoms with van der Waals surface area (Å²) >= 11 is 0. The molecule has 1 amide bonds. The van der Waals surface area contributed by atoms with Gasteiger partial charge in [0, 0.05) is 38.8 Å². The van der Waals surface area contributed by atoms with Gasteiger partial charge in [0.15, 0.2) is 0 Å². The van der Waals surface area contributed by atoms with E-state index in [1.54, 1.807) is 6.92 Å². The van der Waals surface area contributed by atoms with E-state index in [-0.39, 0.29) is 18.3 Å². The lowest BCUT2D eigenvalue weighted by Crippen LogP contribution is -2.55. The van der Waals surface area contributed by atoms with Crippen molar-refractivity contribution in [2.45, 2.75) is 32.9 Å². The third-order valence-electron chi connectivity index (χ3n) is 3.68. The second kappa shape index (κ2) is 8.74. The van der Waals surface area contributed by atoms with Crippen LogP contribution < -0.4 is 11.1 Å². The van der Waals surface area contributed by atoms with Crippen molar-refractivity contribution in [1.82, 2.24) is 15.1 Å². The Labute approximate surface area is 123 Å². The SMILES string of the molecule is CC(N)C(=O)NCC(C(C)C)N1CCN(C)CC1.Cl. The highest BCUT2D eigenvalue weighted by Gasteiger charge is 2.25. The molecule has 0 aliphatic carbocycles. The predicted molar refractivity (Wildman–Crippen MR) is 81.6 cm³/mol. The zero-order valence-electron chi connectivity index (χ0n) is 12.6. The highest BCUT2D eigenvalue weighted by Crippen LogP contribution is 2.12. The van der Waals surface area contributed by atoms with Gasteiger partial charge in [-0.2, -0.15) is 0 Å². The monoisotopic (exact) mass is 292 g/mol. The molecule has 1 rings (SSSR count). The van der Waals surface area contributed by atoms with Gasteiger partial charge in [0.05, 0.1) is 6.04 Å². The van der Waals surface area contributed by atoms with Crippen molar-refractivity contribution in [1.29, 1.82) is 0 Å². The minimum atomic E-state index is -0.426. The fourth-order valence-corrected chi connectivity index (χ4v) is 2.31. The van der Waals surface area contributed by atoms with E-state index in [0.29, 0.717) is 18.5 Å². The molecule has 0 aromatic rings. The van der Waals surface area contributed by atoms with Crippen LogP contribution in [0.25, 0.3) is 0 Å². The molecule has 0 bridgehead atoms. The standard InChI is InChI=1S/C13H28N4O.ClH/c1-10(2)12(9-15-13(18)11(3)14)17-7-5-16(4)6-8-17;/h10-12H,5-9,14H2,1-4H3,(H,15,18);1H. The maximum atomic E-state index is 11.5. The van der Waals surface area contributed by atoms with Crippen LogP contribution in [0.4, 0.5) is 0 Å². The van der Waals surface area contributed by atoms with Crippen molar-refractivity contribution in [3.63, 3.8) is 0 Å². The summed E-state index contributed by atoms with van der Waals surface area (Å²) in [7, 11) is 2.15. The molecule has 2 unspecified atom stereocenters. The minimum Gasteiger partial charge on any atom is -0.353 e. The molecule has 114 valence electrons. The Balaban J connectivity index is 0.00000324. The third kappa shape index (κ3) is 6.08. The second-order valence-electron chi connectivity index (χ2n) is 5.68. The molecular formula is C13H29ClN4O. The number of hydrogen-bond acceptors (Lipinski definition) is 4. The van der Waals surface area contributed by atoms with Gasteiger partial charge in [-0.25, -0.2) is 0 Å². The Kier molecular flexibility index (Phi) is 8.57. The van der Waals surface area contributed by atoms with Crippen molar-refractivity contribution >= 4 is 18.3 Å². The van der Waals surface area contributed by atoms with Crippen LogP contribution >= 0.6 is 12.4 Å². The first kappa shape index (κ1) is 18.6. The van der Waals surface area contributed by atoms with Crippen LogP contribution in [0.3, 0.4) is 0 Å². The summed E-state index contributed by atoms with van der Waals surface area (Å²) in [5.41, 5.74) is 5.56. The molecule has 0 spiro atoms. The molecule has 1 aliphatic rings. The van der Waals surface area contributed by atoms with Crippen LogP contribution in [-0.4, -0.2) is 67.6 Å². The van der Waals surface area contributed by atoms with Gasteiger partial charge in [-0.1, -0.05) is 13.8 Å². The number of hydrogen-bond donors (Lipinski definition) is 2. The first-order chi connectivity index (χ1) is 8.41. The zero-order valence-corrected chi connectivity index (χ0v) is 13.4. The Hall–Kier alpha value is -0.360. The van der Waals surface area contributed by atoms with Gasteiger partial charge in [0.1, 0.15) is 0 Å². The van der Waals surface area contributed by atoms with E-state index in [1.807, 2.05) is 0 Å². The van der Waals surface area contributed by atoms with Crippen LogP contribution in [-0.2, 0) is 4.79 Å². The summed E-state index contributed by atoms with van der Waals surface area (Å²) in [6.07, 6.45) is 0. The molecule has 0 saturated carbocycles. The number of rotatable bonds is 5. The molecule has 1 fully saturated rings. The summed E-state index contributed by atoms with van der Waals surface area (Å²) < 4.78 is 0. The van der Waals surface area contributed by atoms with Gasteiger partial charge in [0.25, 0.3) is 0 Å². The molecule has 19 heavy (non-hydrogen) atoms. The van der Waals surface area contributed by atoms with Crippen molar-refractivity contribution < 1.29 is 4.79 Å². The number of amides is 1. The highest BCUT2D eigenvalue weighted by molar-refractivity contribution is 5.85. The number of halogens is 1. The fraction of sp³-hybridized carbons (Fsp3) is 0.923. The molecule has 0 aromatic heterocycles. The molecule has 0 radical (unpaired) electrons. The molecule has 3 N–H and O–H groups in total. The van der Waals surface area contributed by atoms with Gasteiger partial charge < -0.3 is 16.0 Å². The van der Waals surface area contributed by atoms with E-state index < -0.39 is 6.04 Å². The smallest absolute Gasteiger partial charge is 0.236 e. The quantitative estimate of drug-likeness (QED) is 0.757.